The first kappa shape index (κ1) is 11.1. The third-order valence-corrected chi connectivity index (χ3v) is 2.55. The summed E-state index contributed by atoms with van der Waals surface area (Å²) in [6, 6.07) is 1.48. The summed E-state index contributed by atoms with van der Waals surface area (Å²) in [5.41, 5.74) is 4.82. The van der Waals surface area contributed by atoms with E-state index in [0.717, 1.165) is 0 Å². The topological polar surface area (TPSA) is 111 Å². The molecule has 7 heteroatoms. The van der Waals surface area contributed by atoms with E-state index in [9.17, 15) is 9.90 Å². The molecule has 16 heavy (non-hydrogen) atoms. The third-order valence-electron chi connectivity index (χ3n) is 2.55. The summed E-state index contributed by atoms with van der Waals surface area (Å²) < 4.78 is 6.56. The van der Waals surface area contributed by atoms with Crippen LogP contribution in [-0.2, 0) is 4.74 Å². The average molecular weight is 239 g/mol. The molecule has 1 aliphatic rings. The molecule has 1 aromatic rings. The van der Waals surface area contributed by atoms with E-state index in [1.165, 1.54) is 16.8 Å². The Morgan fingerprint density at radius 1 is 1.69 bits per heavy atom. The Labute approximate surface area is 91.1 Å². The van der Waals surface area contributed by atoms with Crippen LogP contribution in [0, 0.1) is 0 Å². The minimum Gasteiger partial charge on any atom is -0.394 e. The van der Waals surface area contributed by atoms with Gasteiger partial charge in [0.2, 0.25) is 0 Å². The lowest BCUT2D eigenvalue weighted by Gasteiger charge is -2.13. The zero-order chi connectivity index (χ0) is 11.7. The predicted molar refractivity (Wildman–Crippen MR) is 54.5 cm³/mol. The molecule has 1 aromatic heterocycles. The number of nitrogen functional groups attached to an aromatic ring is 1. The van der Waals surface area contributed by atoms with Crippen molar-refractivity contribution in [2.45, 2.75) is 24.9 Å². The molecule has 0 amide bonds. The maximum Gasteiger partial charge on any atom is 0.351 e. The first-order valence-electron chi connectivity index (χ1n) is 4.91. The van der Waals surface area contributed by atoms with Gasteiger partial charge >= 0.3 is 5.69 Å². The highest BCUT2D eigenvalue weighted by Crippen LogP contribution is 2.27. The van der Waals surface area contributed by atoms with Gasteiger partial charge in [0.15, 0.2) is 0 Å². The Bertz CT molecular complexity index is 433. The van der Waals surface area contributed by atoms with Crippen LogP contribution in [0.25, 0.3) is 0 Å². The summed E-state index contributed by atoms with van der Waals surface area (Å²) in [7, 11) is 0. The Balaban J connectivity index is 2.23. The highest BCUT2D eigenvalue weighted by molar-refractivity contribution is 5.23. The molecule has 1 fully saturated rings. The van der Waals surface area contributed by atoms with Crippen LogP contribution in [0.4, 0.5) is 5.82 Å². The molecule has 0 aliphatic carbocycles. The Morgan fingerprint density at radius 2 is 2.44 bits per heavy atom. The number of ether oxygens (including phenoxy) is 1. The molecule has 0 aromatic carbocycles. The second kappa shape index (κ2) is 4.20. The zero-order valence-corrected chi connectivity index (χ0v) is 8.48. The third kappa shape index (κ3) is 1.92. The van der Waals surface area contributed by atoms with E-state index in [1.807, 2.05) is 0 Å². The summed E-state index contributed by atoms with van der Waals surface area (Å²) in [6.07, 6.45) is -0.333. The van der Waals surface area contributed by atoms with Crippen molar-refractivity contribution in [1.82, 2.24) is 9.55 Å². The van der Waals surface area contributed by atoms with E-state index in [-0.39, 0.29) is 18.8 Å². The van der Waals surface area contributed by atoms with Crippen molar-refractivity contribution in [3.63, 3.8) is 0 Å². The normalized spacial score (nSPS) is 29.5. The summed E-state index contributed by atoms with van der Waals surface area (Å²) >= 11 is 0. The molecular weight excluding hydrogens is 226 g/mol. The molecular formula is C9H13N3O4. The first-order valence-corrected chi connectivity index (χ1v) is 4.91. The van der Waals surface area contributed by atoms with Crippen molar-refractivity contribution in [3.8, 4) is 0 Å². The lowest BCUT2D eigenvalue weighted by molar-refractivity contribution is -0.0458. The lowest BCUT2D eigenvalue weighted by atomic mass is 11.1. The molecule has 2 rings (SSSR count). The fourth-order valence-electron chi connectivity index (χ4n) is 1.70. The van der Waals surface area contributed by atoms with E-state index in [0.29, 0.717) is 0 Å². The van der Waals surface area contributed by atoms with Crippen LogP contribution in [0.5, 0.6) is 0 Å². The van der Waals surface area contributed by atoms with E-state index < -0.39 is 24.1 Å². The van der Waals surface area contributed by atoms with Gasteiger partial charge in [0.1, 0.15) is 18.1 Å². The molecule has 0 saturated carbocycles. The minimum absolute atomic E-state index is 0.138. The van der Waals surface area contributed by atoms with Crippen LogP contribution in [0.1, 0.15) is 12.6 Å². The van der Waals surface area contributed by atoms with Gasteiger partial charge in [-0.05, 0) is 6.07 Å². The highest BCUT2D eigenvalue weighted by atomic mass is 16.8. The maximum absolute atomic E-state index is 11.5. The van der Waals surface area contributed by atoms with Crippen molar-refractivity contribution in [3.05, 3.63) is 22.7 Å². The first-order chi connectivity index (χ1) is 7.61. The van der Waals surface area contributed by atoms with Crippen LogP contribution in [0.3, 0.4) is 0 Å². The van der Waals surface area contributed by atoms with Gasteiger partial charge in [0.05, 0.1) is 12.7 Å². The SMILES string of the molecule is [15NH2][13c]1[13cH][13cH][15n]([13C@H]2[13CH2][13CH](O)[13C@@H]([13CH2]O)O2)[13c](=O)[15n]1. The maximum atomic E-state index is 11.5. The molecule has 0 bridgehead atoms. The molecule has 1 saturated heterocycles. The number of anilines is 1. The monoisotopic (exact) mass is 239 g/mol. The van der Waals surface area contributed by atoms with Crippen LogP contribution < -0.4 is 11.4 Å². The van der Waals surface area contributed by atoms with Gasteiger partial charge in [-0.25, -0.2) is 4.79 Å². The minimum atomic E-state index is -0.778. The van der Waals surface area contributed by atoms with Gasteiger partial charge in [-0.2, -0.15) is 4.98 Å². The van der Waals surface area contributed by atoms with Crippen LogP contribution in [-0.4, -0.2) is 38.6 Å². The molecule has 3 atom stereocenters. The number of rotatable bonds is 2. The fourth-order valence-corrected chi connectivity index (χ4v) is 1.70. The van der Waals surface area contributed by atoms with E-state index >= 15 is 0 Å². The number of nitrogens with zero attached hydrogens (tertiary/aromatic N) is 2. The standard InChI is InChI=1S/C9H13N3O4/c10-7-1-2-12(9(15)11-7)8-3-5(14)6(4-13)16-8/h1-2,5-6,8,13-14H,3-4H2,(H2,10,11,15)/t5?,6-,8-/m1/s1/i1+1,2+1,3+1,4+1,5+1,6+1,7+1,8+1,9+1,10+1,11+1,12+1. The summed E-state index contributed by atoms with van der Waals surface area (Å²) in [5, 5.41) is 18.4. The van der Waals surface area contributed by atoms with Crippen molar-refractivity contribution in [2.24, 2.45) is 0 Å². The number of hydrogen-bond acceptors (Lipinski definition) is 6. The van der Waals surface area contributed by atoms with Gasteiger partial charge in [-0.15, -0.1) is 0 Å². The van der Waals surface area contributed by atoms with Gasteiger partial charge in [0, 0.05) is 12.6 Å². The molecule has 0 spiro atoms. The molecule has 88 valence electrons. The van der Waals surface area contributed by atoms with E-state index in [2.05, 4.69) is 4.98 Å². The number of aliphatic hydroxyl groups is 2. The van der Waals surface area contributed by atoms with Crippen molar-refractivity contribution in [1.29, 1.82) is 0 Å². The molecule has 7 nitrogen and oxygen atoms in total. The molecule has 0 radical (unpaired) electrons. The van der Waals surface area contributed by atoms with Crippen LogP contribution >= 0.6 is 0 Å². The van der Waals surface area contributed by atoms with Crippen LogP contribution in [0.15, 0.2) is 17.1 Å². The lowest BCUT2D eigenvalue weighted by Crippen LogP contribution is -2.27. The summed E-state index contributed by atoms with van der Waals surface area (Å²) in [5.74, 6) is 0.138. The smallest absolute Gasteiger partial charge is 0.351 e. The van der Waals surface area contributed by atoms with Gasteiger partial charge in [-0.3, -0.25) is 4.57 Å². The second-order valence-corrected chi connectivity index (χ2v) is 3.66. The molecule has 4 N–H and O–H groups in total. The van der Waals surface area contributed by atoms with Gasteiger partial charge in [-0.1, -0.05) is 0 Å². The Hall–Kier alpha value is -1.44. The zero-order valence-electron chi connectivity index (χ0n) is 8.48. The van der Waals surface area contributed by atoms with E-state index in [1.54, 1.807) is 0 Å². The van der Waals surface area contributed by atoms with Crippen molar-refractivity contribution >= 4 is 5.82 Å². The number of aromatic nitrogens is 2. The quantitative estimate of drug-likeness (QED) is 0.426. The fraction of sp³-hybridized carbons (Fsp3) is 0.556. The summed E-state index contributed by atoms with van der Waals surface area (Å²) in [6.45, 7) is -0.283. The summed E-state index contributed by atoms with van der Waals surface area (Å²) in [4.78, 5) is 15.0. The Kier molecular flexibility index (Phi) is 2.90. The van der Waals surface area contributed by atoms with E-state index in [4.69, 9.17) is 15.6 Å². The Morgan fingerprint density at radius 3 is 3.00 bits per heavy atom. The number of hydrogen-bond donors (Lipinski definition) is 3. The van der Waals surface area contributed by atoms with Gasteiger partial charge < -0.3 is 20.7 Å². The van der Waals surface area contributed by atoms with Crippen LogP contribution in [0.2, 0.25) is 0 Å². The number of nitrogens with two attached hydrogens (primary N) is 1. The predicted octanol–water partition coefficient (Wildman–Crippen LogP) is -1.53. The second-order valence-electron chi connectivity index (χ2n) is 3.66. The largest absolute Gasteiger partial charge is 0.394 e. The molecule has 2 heterocycles. The highest BCUT2D eigenvalue weighted by Gasteiger charge is 2.34. The average Bonchev–Trinajstić information content (AvgIpc) is 2.59. The van der Waals surface area contributed by atoms with Crippen molar-refractivity contribution in [2.75, 3.05) is 12.3 Å². The van der Waals surface area contributed by atoms with Crippen molar-refractivity contribution < 1.29 is 14.9 Å². The molecule has 1 unspecified atom stereocenters. The molecule has 1 aliphatic heterocycles. The van der Waals surface area contributed by atoms with Gasteiger partial charge in [0.25, 0.3) is 0 Å². The number of aliphatic hydroxyl groups excluding tert-OH is 2.